The van der Waals surface area contributed by atoms with E-state index in [0.717, 1.165) is 14.9 Å². The van der Waals surface area contributed by atoms with E-state index in [4.69, 9.17) is 11.6 Å². The fourth-order valence-corrected chi connectivity index (χ4v) is 5.30. The molecule has 0 unspecified atom stereocenters. The standard InChI is InChI=1S/C25H21BrClIN6O2S/c1-15(24(36)32-30-13-16-11-17(27)12-21(26)23(16)35)37-25-33-31-22(34(25)20-5-3-2-4-6-20)14-29-19-9-7-18(28)8-10-19/h2-13,15,29,35H,14H2,1H3,(H,32,36)/b30-13-/t15-/m1/s1. The Morgan fingerprint density at radius 3 is 2.68 bits per heavy atom. The zero-order chi connectivity index (χ0) is 26.4. The number of benzene rings is 3. The van der Waals surface area contributed by atoms with Crippen LogP contribution in [0, 0.1) is 3.57 Å². The molecule has 4 aromatic rings. The van der Waals surface area contributed by atoms with Gasteiger partial charge < -0.3 is 10.4 Å². The Bertz CT molecular complexity index is 1420. The molecule has 0 spiro atoms. The van der Waals surface area contributed by atoms with Crippen LogP contribution in [0.25, 0.3) is 5.69 Å². The van der Waals surface area contributed by atoms with Crippen molar-refractivity contribution in [2.75, 3.05) is 5.32 Å². The Balaban J connectivity index is 1.47. The number of phenols is 1. The molecule has 0 aliphatic rings. The Kier molecular flexibility index (Phi) is 9.46. The molecule has 4 rings (SSSR count). The number of aromatic hydroxyl groups is 1. The van der Waals surface area contributed by atoms with Crippen molar-refractivity contribution in [1.82, 2.24) is 20.2 Å². The fraction of sp³-hybridized carbons (Fsp3) is 0.120. The molecule has 0 bridgehead atoms. The van der Waals surface area contributed by atoms with Crippen LogP contribution in [0.3, 0.4) is 0 Å². The summed E-state index contributed by atoms with van der Waals surface area (Å²) in [6, 6.07) is 20.9. The third-order valence-corrected chi connectivity index (χ3v) is 7.68. The molecular formula is C25H21BrClIN6O2S. The summed E-state index contributed by atoms with van der Waals surface area (Å²) in [5.74, 6) is 0.357. The Morgan fingerprint density at radius 1 is 1.22 bits per heavy atom. The van der Waals surface area contributed by atoms with Crippen molar-refractivity contribution in [3.05, 3.63) is 91.2 Å². The Hall–Kier alpha value is -2.61. The second-order valence-electron chi connectivity index (χ2n) is 7.75. The van der Waals surface area contributed by atoms with Crippen molar-refractivity contribution in [2.45, 2.75) is 23.9 Å². The number of para-hydroxylation sites is 1. The van der Waals surface area contributed by atoms with Gasteiger partial charge in [-0.25, -0.2) is 5.43 Å². The van der Waals surface area contributed by atoms with Crippen molar-refractivity contribution in [3.8, 4) is 11.4 Å². The van der Waals surface area contributed by atoms with Crippen LogP contribution in [0.5, 0.6) is 5.75 Å². The van der Waals surface area contributed by atoms with Gasteiger partial charge >= 0.3 is 0 Å². The summed E-state index contributed by atoms with van der Waals surface area (Å²) < 4.78 is 3.52. The maximum Gasteiger partial charge on any atom is 0.253 e. The number of halogens is 3. The van der Waals surface area contributed by atoms with E-state index in [1.54, 1.807) is 19.1 Å². The van der Waals surface area contributed by atoms with Crippen LogP contribution in [-0.4, -0.2) is 37.2 Å². The monoisotopic (exact) mass is 710 g/mol. The second-order valence-corrected chi connectivity index (χ2v) is 11.6. The van der Waals surface area contributed by atoms with E-state index in [1.807, 2.05) is 59.2 Å². The summed E-state index contributed by atoms with van der Waals surface area (Å²) in [6.07, 6.45) is 1.34. The summed E-state index contributed by atoms with van der Waals surface area (Å²) in [6.45, 7) is 2.21. The minimum atomic E-state index is -0.527. The number of anilines is 1. The topological polar surface area (TPSA) is 104 Å². The molecule has 3 N–H and O–H groups in total. The van der Waals surface area contributed by atoms with Crippen molar-refractivity contribution < 1.29 is 9.90 Å². The van der Waals surface area contributed by atoms with Crippen LogP contribution in [0.2, 0.25) is 5.02 Å². The van der Waals surface area contributed by atoms with Gasteiger partial charge in [-0.15, -0.1) is 10.2 Å². The number of carbonyl (C=O) groups excluding carboxylic acids is 1. The van der Waals surface area contributed by atoms with E-state index < -0.39 is 5.25 Å². The summed E-state index contributed by atoms with van der Waals surface area (Å²) in [5.41, 5.74) is 4.74. The quantitative estimate of drug-likeness (QED) is 0.0823. The van der Waals surface area contributed by atoms with Crippen molar-refractivity contribution in [3.63, 3.8) is 0 Å². The number of carbonyl (C=O) groups is 1. The average molecular weight is 712 g/mol. The third kappa shape index (κ3) is 7.24. The van der Waals surface area contributed by atoms with E-state index in [0.29, 0.717) is 32.6 Å². The van der Waals surface area contributed by atoms with Gasteiger partial charge in [-0.1, -0.05) is 41.6 Å². The molecule has 0 fully saturated rings. The highest BCUT2D eigenvalue weighted by Gasteiger charge is 2.21. The van der Waals surface area contributed by atoms with Gasteiger partial charge in [-0.2, -0.15) is 5.10 Å². The fourth-order valence-electron chi connectivity index (χ4n) is 3.23. The van der Waals surface area contributed by atoms with Crippen molar-refractivity contribution in [1.29, 1.82) is 0 Å². The van der Waals surface area contributed by atoms with Gasteiger partial charge in [-0.05, 0) is 94.0 Å². The van der Waals surface area contributed by atoms with Gasteiger partial charge in [0, 0.05) is 25.5 Å². The first-order valence-corrected chi connectivity index (χ1v) is 14.1. The van der Waals surface area contributed by atoms with E-state index in [-0.39, 0.29) is 11.7 Å². The van der Waals surface area contributed by atoms with Gasteiger partial charge in [0.1, 0.15) is 5.75 Å². The molecule has 12 heteroatoms. The lowest BCUT2D eigenvalue weighted by Gasteiger charge is -2.13. The van der Waals surface area contributed by atoms with E-state index in [1.165, 1.54) is 18.0 Å². The predicted molar refractivity (Wildman–Crippen MR) is 160 cm³/mol. The first-order valence-electron chi connectivity index (χ1n) is 11.0. The Morgan fingerprint density at radius 2 is 1.95 bits per heavy atom. The maximum atomic E-state index is 12.7. The number of rotatable bonds is 9. The normalized spacial score (nSPS) is 12.0. The zero-order valence-corrected chi connectivity index (χ0v) is 24.7. The highest BCUT2D eigenvalue weighted by atomic mass is 127. The molecule has 3 aromatic carbocycles. The number of hydrogen-bond donors (Lipinski definition) is 3. The van der Waals surface area contributed by atoms with Crippen LogP contribution in [-0.2, 0) is 11.3 Å². The van der Waals surface area contributed by atoms with E-state index in [9.17, 15) is 9.90 Å². The number of phenolic OH excluding ortho intramolecular Hbond substituents is 1. The van der Waals surface area contributed by atoms with Gasteiger partial charge in [0.05, 0.1) is 22.5 Å². The molecule has 190 valence electrons. The first kappa shape index (κ1) is 27.4. The minimum Gasteiger partial charge on any atom is -0.506 e. The average Bonchev–Trinajstić information content (AvgIpc) is 3.29. The SMILES string of the molecule is C[C@@H](Sc1nnc(CNc2ccc(I)cc2)n1-c1ccccc1)C(=O)N/N=C\c1cc(Cl)cc(Br)c1O. The highest BCUT2D eigenvalue weighted by Crippen LogP contribution is 2.30. The molecule has 37 heavy (non-hydrogen) atoms. The molecule has 0 saturated heterocycles. The first-order chi connectivity index (χ1) is 17.8. The largest absolute Gasteiger partial charge is 0.506 e. The molecule has 0 aliphatic heterocycles. The molecule has 8 nitrogen and oxygen atoms in total. The van der Waals surface area contributed by atoms with E-state index >= 15 is 0 Å². The Labute approximate surface area is 245 Å². The minimum absolute atomic E-state index is 0.0211. The highest BCUT2D eigenvalue weighted by molar-refractivity contribution is 14.1. The van der Waals surface area contributed by atoms with Crippen LogP contribution < -0.4 is 10.7 Å². The molecule has 1 amide bonds. The summed E-state index contributed by atoms with van der Waals surface area (Å²) >= 11 is 12.8. The van der Waals surface area contributed by atoms with Gasteiger partial charge in [-0.3, -0.25) is 9.36 Å². The lowest BCUT2D eigenvalue weighted by molar-refractivity contribution is -0.120. The molecule has 1 heterocycles. The molecule has 1 aromatic heterocycles. The summed E-state index contributed by atoms with van der Waals surface area (Å²) in [4.78, 5) is 12.7. The number of nitrogens with zero attached hydrogens (tertiary/aromatic N) is 4. The lowest BCUT2D eigenvalue weighted by atomic mass is 10.2. The maximum absolute atomic E-state index is 12.7. The van der Waals surface area contributed by atoms with Crippen molar-refractivity contribution >= 4 is 79.7 Å². The van der Waals surface area contributed by atoms with Crippen molar-refractivity contribution in [2.24, 2.45) is 5.10 Å². The number of hydrogen-bond acceptors (Lipinski definition) is 7. The van der Waals surface area contributed by atoms with Crippen LogP contribution in [0.15, 0.2) is 81.5 Å². The number of aromatic nitrogens is 3. The van der Waals surface area contributed by atoms with Crippen LogP contribution in [0.1, 0.15) is 18.3 Å². The molecule has 0 saturated carbocycles. The number of amides is 1. The summed E-state index contributed by atoms with van der Waals surface area (Å²) in [5, 5.41) is 26.7. The predicted octanol–water partition coefficient (Wildman–Crippen LogP) is 6.24. The third-order valence-electron chi connectivity index (χ3n) is 5.10. The number of thioether (sulfide) groups is 1. The number of hydrazone groups is 1. The summed E-state index contributed by atoms with van der Waals surface area (Å²) in [7, 11) is 0. The zero-order valence-electron chi connectivity index (χ0n) is 19.4. The molecule has 0 radical (unpaired) electrons. The van der Waals surface area contributed by atoms with Gasteiger partial charge in [0.2, 0.25) is 0 Å². The van der Waals surface area contributed by atoms with E-state index in [2.05, 4.69) is 64.6 Å². The molecular weight excluding hydrogens is 691 g/mol. The van der Waals surface area contributed by atoms with Gasteiger partial charge in [0.25, 0.3) is 5.91 Å². The lowest BCUT2D eigenvalue weighted by Crippen LogP contribution is -2.27. The van der Waals surface area contributed by atoms with Gasteiger partial charge in [0.15, 0.2) is 11.0 Å². The second kappa shape index (κ2) is 12.8. The van der Waals surface area contributed by atoms with Crippen LogP contribution in [0.4, 0.5) is 5.69 Å². The smallest absolute Gasteiger partial charge is 0.253 e. The molecule has 0 aliphatic carbocycles. The number of nitrogens with one attached hydrogen (secondary N) is 2. The molecule has 1 atom stereocenters. The van der Waals surface area contributed by atoms with Crippen LogP contribution >= 0.6 is 61.9 Å².